The first-order valence-corrected chi connectivity index (χ1v) is 7.98. The van der Waals surface area contributed by atoms with E-state index >= 15 is 0 Å². The molecule has 4 aliphatic rings. The molecule has 0 aromatic carbocycles. The molecule has 0 spiro atoms. The predicted octanol–water partition coefficient (Wildman–Crippen LogP) is 1.35. The minimum atomic E-state index is -1.11. The van der Waals surface area contributed by atoms with Gasteiger partial charge in [0, 0.05) is 18.5 Å². The molecule has 4 bridgehead atoms. The van der Waals surface area contributed by atoms with Gasteiger partial charge >= 0.3 is 5.97 Å². The van der Waals surface area contributed by atoms with Crippen molar-refractivity contribution in [2.75, 3.05) is 0 Å². The van der Waals surface area contributed by atoms with E-state index in [0.717, 1.165) is 19.3 Å². The Morgan fingerprint density at radius 2 is 1.76 bits per heavy atom. The van der Waals surface area contributed by atoms with Gasteiger partial charge in [-0.05, 0) is 63.7 Å². The number of carbonyl (C=O) groups excluding carboxylic acids is 2. The summed E-state index contributed by atoms with van der Waals surface area (Å²) in [6.45, 7) is 4.63. The molecule has 21 heavy (non-hydrogen) atoms. The van der Waals surface area contributed by atoms with E-state index in [2.05, 4.69) is 5.32 Å². The molecule has 4 fully saturated rings. The number of amides is 1. The van der Waals surface area contributed by atoms with E-state index in [0.29, 0.717) is 23.8 Å². The van der Waals surface area contributed by atoms with Crippen molar-refractivity contribution in [1.29, 1.82) is 0 Å². The number of rotatable bonds is 3. The summed E-state index contributed by atoms with van der Waals surface area (Å²) in [6.07, 6.45) is 5.42. The molecule has 1 amide bonds. The van der Waals surface area contributed by atoms with Gasteiger partial charge in [-0.3, -0.25) is 9.59 Å². The summed E-state index contributed by atoms with van der Waals surface area (Å²) in [7, 11) is 0. The Morgan fingerprint density at radius 3 is 2.29 bits per heavy atom. The second kappa shape index (κ2) is 4.70. The number of nitrogens with one attached hydrogen (secondary N) is 1. The summed E-state index contributed by atoms with van der Waals surface area (Å²) in [6, 6.07) is 0.299. The van der Waals surface area contributed by atoms with E-state index in [1.165, 1.54) is 19.8 Å². The summed E-state index contributed by atoms with van der Waals surface area (Å²) >= 11 is 0. The van der Waals surface area contributed by atoms with Gasteiger partial charge in [-0.25, -0.2) is 0 Å². The molecule has 0 heterocycles. The fourth-order valence-electron chi connectivity index (χ4n) is 5.01. The zero-order valence-corrected chi connectivity index (χ0v) is 13.1. The third kappa shape index (κ3) is 2.56. The van der Waals surface area contributed by atoms with E-state index in [1.54, 1.807) is 13.8 Å². The van der Waals surface area contributed by atoms with Crippen molar-refractivity contribution in [2.45, 2.75) is 70.1 Å². The Balaban J connectivity index is 1.73. The fourth-order valence-corrected chi connectivity index (χ4v) is 5.01. The Labute approximate surface area is 126 Å². The molecule has 0 saturated heterocycles. The molecule has 5 heteroatoms. The number of carbonyl (C=O) groups is 2. The molecule has 2 unspecified atom stereocenters. The number of nitrogens with two attached hydrogens (primary N) is 1. The van der Waals surface area contributed by atoms with Crippen LogP contribution in [-0.4, -0.2) is 29.1 Å². The van der Waals surface area contributed by atoms with Crippen molar-refractivity contribution in [3.63, 3.8) is 0 Å². The van der Waals surface area contributed by atoms with E-state index in [1.807, 2.05) is 0 Å². The first-order chi connectivity index (χ1) is 9.71. The van der Waals surface area contributed by atoms with Crippen molar-refractivity contribution < 1.29 is 14.3 Å². The van der Waals surface area contributed by atoms with Crippen LogP contribution in [0.5, 0.6) is 0 Å². The molecule has 3 N–H and O–H groups in total. The lowest BCUT2D eigenvalue weighted by Gasteiger charge is -2.59. The van der Waals surface area contributed by atoms with E-state index in [-0.39, 0.29) is 11.4 Å². The molecule has 118 valence electrons. The van der Waals surface area contributed by atoms with Crippen LogP contribution in [-0.2, 0) is 14.3 Å². The van der Waals surface area contributed by atoms with Gasteiger partial charge in [0.25, 0.3) is 5.91 Å². The van der Waals surface area contributed by atoms with Crippen molar-refractivity contribution in [2.24, 2.45) is 23.5 Å². The molecule has 0 aromatic rings. The standard InChI is InChI=1S/C16H26N2O3/c1-9(19)21-15(2,3)14(20)18-16-6-10-4-11(7-16)13(17)12(5-10)8-16/h10-13H,4-8,17H2,1-3H3,(H,18,20). The summed E-state index contributed by atoms with van der Waals surface area (Å²) in [5.74, 6) is 1.15. The smallest absolute Gasteiger partial charge is 0.303 e. The normalized spacial score (nSPS) is 41.0. The highest BCUT2D eigenvalue weighted by Crippen LogP contribution is 2.55. The zero-order chi connectivity index (χ0) is 15.4. The third-order valence-corrected chi connectivity index (χ3v) is 5.67. The van der Waals surface area contributed by atoms with Gasteiger partial charge in [0.1, 0.15) is 0 Å². The molecule has 2 atom stereocenters. The lowest BCUT2D eigenvalue weighted by atomic mass is 9.51. The van der Waals surface area contributed by atoms with Crippen molar-refractivity contribution in [1.82, 2.24) is 5.32 Å². The quantitative estimate of drug-likeness (QED) is 0.770. The van der Waals surface area contributed by atoms with Crippen LogP contribution in [0.25, 0.3) is 0 Å². The van der Waals surface area contributed by atoms with Crippen LogP contribution < -0.4 is 11.1 Å². The minimum absolute atomic E-state index is 0.124. The Bertz CT molecular complexity index is 458. The molecular formula is C16H26N2O3. The second-order valence-corrected chi connectivity index (χ2v) is 7.89. The lowest BCUT2D eigenvalue weighted by molar-refractivity contribution is -0.165. The van der Waals surface area contributed by atoms with Crippen LogP contribution in [0.15, 0.2) is 0 Å². The van der Waals surface area contributed by atoms with Gasteiger partial charge in [-0.1, -0.05) is 0 Å². The van der Waals surface area contributed by atoms with Crippen LogP contribution in [0.2, 0.25) is 0 Å². The maximum atomic E-state index is 12.5. The van der Waals surface area contributed by atoms with Crippen LogP contribution >= 0.6 is 0 Å². The Morgan fingerprint density at radius 1 is 1.19 bits per heavy atom. The molecular weight excluding hydrogens is 268 g/mol. The predicted molar refractivity (Wildman–Crippen MR) is 78.2 cm³/mol. The van der Waals surface area contributed by atoms with Crippen LogP contribution in [0.3, 0.4) is 0 Å². The minimum Gasteiger partial charge on any atom is -0.450 e. The van der Waals surface area contributed by atoms with Crippen molar-refractivity contribution in [3.8, 4) is 0 Å². The molecule has 0 aromatic heterocycles. The maximum Gasteiger partial charge on any atom is 0.303 e. The highest BCUT2D eigenvalue weighted by molar-refractivity contribution is 5.87. The molecule has 5 nitrogen and oxygen atoms in total. The first-order valence-electron chi connectivity index (χ1n) is 7.98. The second-order valence-electron chi connectivity index (χ2n) is 7.89. The number of hydrogen-bond acceptors (Lipinski definition) is 4. The number of ether oxygens (including phenoxy) is 1. The van der Waals surface area contributed by atoms with E-state index in [9.17, 15) is 9.59 Å². The number of hydrogen-bond donors (Lipinski definition) is 2. The van der Waals surface area contributed by atoms with Gasteiger partial charge < -0.3 is 15.8 Å². The summed E-state index contributed by atoms with van der Waals surface area (Å²) < 4.78 is 5.16. The first kappa shape index (κ1) is 14.8. The van der Waals surface area contributed by atoms with E-state index in [4.69, 9.17) is 10.5 Å². The van der Waals surface area contributed by atoms with Crippen molar-refractivity contribution in [3.05, 3.63) is 0 Å². The Hall–Kier alpha value is -1.10. The average Bonchev–Trinajstić information content (AvgIpc) is 2.32. The summed E-state index contributed by atoms with van der Waals surface area (Å²) in [5, 5.41) is 3.22. The zero-order valence-electron chi connectivity index (χ0n) is 13.1. The fraction of sp³-hybridized carbons (Fsp3) is 0.875. The van der Waals surface area contributed by atoms with Crippen LogP contribution in [0.4, 0.5) is 0 Å². The highest BCUT2D eigenvalue weighted by atomic mass is 16.6. The van der Waals surface area contributed by atoms with Gasteiger partial charge in [0.05, 0.1) is 0 Å². The molecule has 4 aliphatic carbocycles. The monoisotopic (exact) mass is 294 g/mol. The van der Waals surface area contributed by atoms with Gasteiger partial charge in [-0.15, -0.1) is 0 Å². The molecule has 0 radical (unpaired) electrons. The highest BCUT2D eigenvalue weighted by Gasteiger charge is 2.55. The summed E-state index contributed by atoms with van der Waals surface area (Å²) in [4.78, 5) is 23.7. The van der Waals surface area contributed by atoms with Gasteiger partial charge in [0.15, 0.2) is 5.60 Å². The third-order valence-electron chi connectivity index (χ3n) is 5.67. The Kier molecular flexibility index (Phi) is 3.32. The molecule has 4 saturated carbocycles. The van der Waals surface area contributed by atoms with E-state index < -0.39 is 11.6 Å². The molecule has 0 aliphatic heterocycles. The van der Waals surface area contributed by atoms with Crippen LogP contribution in [0.1, 0.15) is 52.9 Å². The lowest BCUT2D eigenvalue weighted by Crippen LogP contribution is -2.67. The van der Waals surface area contributed by atoms with Crippen molar-refractivity contribution >= 4 is 11.9 Å². The maximum absolute atomic E-state index is 12.5. The number of esters is 1. The summed E-state index contributed by atoms with van der Waals surface area (Å²) in [5.41, 5.74) is 5.09. The largest absolute Gasteiger partial charge is 0.450 e. The van der Waals surface area contributed by atoms with Crippen LogP contribution in [0, 0.1) is 17.8 Å². The molecule has 4 rings (SSSR count). The van der Waals surface area contributed by atoms with Gasteiger partial charge in [0.2, 0.25) is 0 Å². The topological polar surface area (TPSA) is 81.4 Å². The average molecular weight is 294 g/mol. The SMILES string of the molecule is CC(=O)OC(C)(C)C(=O)NC12CC3CC(C1)C(N)C(C3)C2. The van der Waals surface area contributed by atoms with Gasteiger partial charge in [-0.2, -0.15) is 0 Å².